The van der Waals surface area contributed by atoms with E-state index in [1.54, 1.807) is 6.92 Å². The van der Waals surface area contributed by atoms with Crippen LogP contribution in [0.2, 0.25) is 0 Å². The highest BCUT2D eigenvalue weighted by Gasteiger charge is 2.21. The van der Waals surface area contributed by atoms with E-state index in [2.05, 4.69) is 22.4 Å². The molecule has 0 spiro atoms. The number of amides is 1. The van der Waals surface area contributed by atoms with Crippen LogP contribution in [0.15, 0.2) is 36.5 Å². The number of anilines is 2. The second kappa shape index (κ2) is 4.80. The van der Waals surface area contributed by atoms with Crippen LogP contribution in [-0.4, -0.2) is 17.4 Å². The van der Waals surface area contributed by atoms with Crippen molar-refractivity contribution < 1.29 is 4.79 Å². The van der Waals surface area contributed by atoms with Gasteiger partial charge in [0.2, 0.25) is 5.91 Å². The standard InChI is InChI=1S/C15H17N3O/c1-11(19)18-8-6-12-9-13(4-5-15(12)18)17-10-14-3-2-7-16-14/h2-5,7,9,16-17H,6,8,10H2,1H3. The first-order chi connectivity index (χ1) is 9.24. The number of fused-ring (bicyclic) bond motifs is 1. The van der Waals surface area contributed by atoms with E-state index in [0.29, 0.717) is 0 Å². The molecule has 0 fully saturated rings. The van der Waals surface area contributed by atoms with Gasteiger partial charge in [0.1, 0.15) is 0 Å². The van der Waals surface area contributed by atoms with Gasteiger partial charge in [0.15, 0.2) is 0 Å². The Balaban J connectivity index is 1.74. The summed E-state index contributed by atoms with van der Waals surface area (Å²) in [5.74, 6) is 0.117. The minimum atomic E-state index is 0.117. The Morgan fingerprint density at radius 1 is 1.42 bits per heavy atom. The number of carbonyl (C=O) groups is 1. The van der Waals surface area contributed by atoms with Gasteiger partial charge in [0.05, 0.1) is 6.54 Å². The third-order valence-corrected chi connectivity index (χ3v) is 3.50. The quantitative estimate of drug-likeness (QED) is 0.885. The minimum Gasteiger partial charge on any atom is -0.379 e. The molecule has 0 saturated carbocycles. The first kappa shape index (κ1) is 11.8. The smallest absolute Gasteiger partial charge is 0.223 e. The Morgan fingerprint density at radius 2 is 2.32 bits per heavy atom. The molecule has 1 amide bonds. The Hall–Kier alpha value is -2.23. The van der Waals surface area contributed by atoms with Crippen LogP contribution in [0.5, 0.6) is 0 Å². The molecule has 0 aliphatic carbocycles. The largest absolute Gasteiger partial charge is 0.379 e. The third kappa shape index (κ3) is 2.34. The monoisotopic (exact) mass is 255 g/mol. The summed E-state index contributed by atoms with van der Waals surface area (Å²) in [5, 5.41) is 3.39. The zero-order chi connectivity index (χ0) is 13.2. The van der Waals surface area contributed by atoms with Gasteiger partial charge in [-0.1, -0.05) is 0 Å². The lowest BCUT2D eigenvalue weighted by Gasteiger charge is -2.15. The van der Waals surface area contributed by atoms with Crippen LogP contribution < -0.4 is 10.2 Å². The molecule has 1 aliphatic rings. The maximum Gasteiger partial charge on any atom is 0.223 e. The number of H-pyrrole nitrogens is 1. The molecule has 1 aromatic heterocycles. The van der Waals surface area contributed by atoms with Crippen LogP contribution in [-0.2, 0) is 17.8 Å². The lowest BCUT2D eigenvalue weighted by atomic mass is 10.1. The summed E-state index contributed by atoms with van der Waals surface area (Å²) >= 11 is 0. The molecule has 1 aromatic carbocycles. The van der Waals surface area contributed by atoms with Gasteiger partial charge in [-0.25, -0.2) is 0 Å². The summed E-state index contributed by atoms with van der Waals surface area (Å²) in [4.78, 5) is 16.5. The van der Waals surface area contributed by atoms with E-state index in [1.807, 2.05) is 29.3 Å². The van der Waals surface area contributed by atoms with Crippen molar-refractivity contribution in [2.75, 3.05) is 16.8 Å². The van der Waals surface area contributed by atoms with Crippen molar-refractivity contribution in [2.24, 2.45) is 0 Å². The molecule has 0 unspecified atom stereocenters. The fourth-order valence-electron chi connectivity index (χ4n) is 2.51. The van der Waals surface area contributed by atoms with Gasteiger partial charge in [-0.15, -0.1) is 0 Å². The molecule has 19 heavy (non-hydrogen) atoms. The first-order valence-corrected chi connectivity index (χ1v) is 6.51. The van der Waals surface area contributed by atoms with Crippen molar-refractivity contribution in [3.05, 3.63) is 47.8 Å². The van der Waals surface area contributed by atoms with Gasteiger partial charge in [0, 0.05) is 36.7 Å². The minimum absolute atomic E-state index is 0.117. The van der Waals surface area contributed by atoms with Gasteiger partial charge in [0.25, 0.3) is 0 Å². The number of rotatable bonds is 3. The highest BCUT2D eigenvalue weighted by atomic mass is 16.2. The average Bonchev–Trinajstić information content (AvgIpc) is 3.05. The molecule has 2 aromatic rings. The van der Waals surface area contributed by atoms with Gasteiger partial charge in [-0.3, -0.25) is 4.79 Å². The molecule has 4 nitrogen and oxygen atoms in total. The molecule has 3 rings (SSSR count). The Bertz CT molecular complexity index is 589. The highest BCUT2D eigenvalue weighted by Crippen LogP contribution is 2.30. The van der Waals surface area contributed by atoms with E-state index in [0.717, 1.165) is 36.6 Å². The molecule has 98 valence electrons. The van der Waals surface area contributed by atoms with E-state index in [9.17, 15) is 4.79 Å². The van der Waals surface area contributed by atoms with E-state index >= 15 is 0 Å². The zero-order valence-electron chi connectivity index (χ0n) is 10.9. The number of hydrogen-bond donors (Lipinski definition) is 2. The van der Waals surface area contributed by atoms with Crippen molar-refractivity contribution in [3.8, 4) is 0 Å². The van der Waals surface area contributed by atoms with Crippen LogP contribution in [0.4, 0.5) is 11.4 Å². The van der Waals surface area contributed by atoms with Crippen LogP contribution >= 0.6 is 0 Å². The third-order valence-electron chi connectivity index (χ3n) is 3.50. The fourth-order valence-corrected chi connectivity index (χ4v) is 2.51. The normalized spacial score (nSPS) is 13.4. The van der Waals surface area contributed by atoms with Crippen LogP contribution in [0.1, 0.15) is 18.2 Å². The van der Waals surface area contributed by atoms with Crippen LogP contribution in [0, 0.1) is 0 Å². The van der Waals surface area contributed by atoms with Gasteiger partial charge in [-0.05, 0) is 42.3 Å². The topological polar surface area (TPSA) is 48.1 Å². The summed E-state index contributed by atoms with van der Waals surface area (Å²) in [5.41, 5.74) is 4.55. The van der Waals surface area contributed by atoms with Crippen molar-refractivity contribution in [3.63, 3.8) is 0 Å². The van der Waals surface area contributed by atoms with Crippen molar-refractivity contribution >= 4 is 17.3 Å². The van der Waals surface area contributed by atoms with E-state index in [-0.39, 0.29) is 5.91 Å². The van der Waals surface area contributed by atoms with Crippen LogP contribution in [0.25, 0.3) is 0 Å². The number of hydrogen-bond acceptors (Lipinski definition) is 2. The van der Waals surface area contributed by atoms with Crippen molar-refractivity contribution in [2.45, 2.75) is 19.9 Å². The number of benzene rings is 1. The van der Waals surface area contributed by atoms with Gasteiger partial charge >= 0.3 is 0 Å². The number of aromatic amines is 1. The predicted molar refractivity (Wildman–Crippen MR) is 76.3 cm³/mol. The molecule has 1 aliphatic heterocycles. The fraction of sp³-hybridized carbons (Fsp3) is 0.267. The van der Waals surface area contributed by atoms with E-state index in [4.69, 9.17) is 0 Å². The number of nitrogens with zero attached hydrogens (tertiary/aromatic N) is 1. The van der Waals surface area contributed by atoms with E-state index < -0.39 is 0 Å². The maximum absolute atomic E-state index is 11.5. The molecule has 2 heterocycles. The maximum atomic E-state index is 11.5. The summed E-state index contributed by atoms with van der Waals surface area (Å²) in [6.45, 7) is 3.19. The summed E-state index contributed by atoms with van der Waals surface area (Å²) in [6.07, 6.45) is 2.86. The Kier molecular flexibility index (Phi) is 2.99. The number of aromatic nitrogens is 1. The molecule has 0 atom stereocenters. The summed E-state index contributed by atoms with van der Waals surface area (Å²) < 4.78 is 0. The first-order valence-electron chi connectivity index (χ1n) is 6.51. The van der Waals surface area contributed by atoms with E-state index in [1.165, 1.54) is 5.56 Å². The number of carbonyl (C=O) groups excluding carboxylic acids is 1. The lowest BCUT2D eigenvalue weighted by molar-refractivity contribution is -0.116. The van der Waals surface area contributed by atoms with Gasteiger partial charge < -0.3 is 15.2 Å². The van der Waals surface area contributed by atoms with Gasteiger partial charge in [-0.2, -0.15) is 0 Å². The second-order valence-electron chi connectivity index (χ2n) is 4.81. The summed E-state index contributed by atoms with van der Waals surface area (Å²) in [6, 6.07) is 10.2. The lowest BCUT2D eigenvalue weighted by Crippen LogP contribution is -2.25. The molecule has 0 saturated heterocycles. The number of nitrogens with one attached hydrogen (secondary N) is 2. The molecular weight excluding hydrogens is 238 g/mol. The zero-order valence-corrected chi connectivity index (χ0v) is 10.9. The Labute approximate surface area is 112 Å². The SMILES string of the molecule is CC(=O)N1CCc2cc(NCc3ccc[nH]3)ccc21. The average molecular weight is 255 g/mol. The second-order valence-corrected chi connectivity index (χ2v) is 4.81. The van der Waals surface area contributed by atoms with Crippen LogP contribution in [0.3, 0.4) is 0 Å². The van der Waals surface area contributed by atoms with Crippen molar-refractivity contribution in [1.29, 1.82) is 0 Å². The Morgan fingerprint density at radius 3 is 3.05 bits per heavy atom. The predicted octanol–water partition coefficient (Wildman–Crippen LogP) is 2.54. The molecule has 0 radical (unpaired) electrons. The molecule has 0 bridgehead atoms. The van der Waals surface area contributed by atoms with Crippen molar-refractivity contribution in [1.82, 2.24) is 4.98 Å². The molecule has 2 N–H and O–H groups in total. The molecule has 4 heteroatoms. The summed E-state index contributed by atoms with van der Waals surface area (Å²) in [7, 11) is 0. The molecular formula is C15H17N3O. The highest BCUT2D eigenvalue weighted by molar-refractivity contribution is 5.94.